The number of carbonyl (C=O) groups is 1. The lowest BCUT2D eigenvalue weighted by Gasteiger charge is -2.19. The lowest BCUT2D eigenvalue weighted by atomic mass is 9.86. The zero-order chi connectivity index (χ0) is 12.9. The summed E-state index contributed by atoms with van der Waals surface area (Å²) >= 11 is 0. The molecule has 0 saturated heterocycles. The van der Waals surface area contributed by atoms with Crippen LogP contribution in [-0.4, -0.2) is 17.7 Å². The Bertz CT molecular complexity index is 366. The van der Waals surface area contributed by atoms with Crippen LogP contribution in [0.25, 0.3) is 0 Å². The Morgan fingerprint density at radius 1 is 1.29 bits per heavy atom. The Balaban J connectivity index is 2.65. The molecule has 0 aliphatic carbocycles. The summed E-state index contributed by atoms with van der Waals surface area (Å²) < 4.78 is 5.47. The largest absolute Gasteiger partial charge is 0.494 e. The second-order valence-corrected chi connectivity index (χ2v) is 4.86. The standard InChI is InChI=1S/C14H20O3/c1-4-9-17-12-7-5-11(6-8-12)10-14(2,3)13(15)16/h5-8H,4,9-10H2,1-3H3,(H,15,16). The fraction of sp³-hybridized carbons (Fsp3) is 0.500. The molecule has 0 radical (unpaired) electrons. The van der Waals surface area contributed by atoms with Gasteiger partial charge in [0, 0.05) is 0 Å². The highest BCUT2D eigenvalue weighted by molar-refractivity contribution is 5.74. The zero-order valence-electron chi connectivity index (χ0n) is 10.7. The summed E-state index contributed by atoms with van der Waals surface area (Å²) in [4.78, 5) is 11.0. The van der Waals surface area contributed by atoms with Gasteiger partial charge in [-0.2, -0.15) is 0 Å². The number of hydrogen-bond donors (Lipinski definition) is 1. The van der Waals surface area contributed by atoms with E-state index in [0.717, 1.165) is 17.7 Å². The first-order valence-corrected chi connectivity index (χ1v) is 5.91. The van der Waals surface area contributed by atoms with Crippen LogP contribution in [0.3, 0.4) is 0 Å². The number of aliphatic carboxylic acids is 1. The summed E-state index contributed by atoms with van der Waals surface area (Å²) in [7, 11) is 0. The van der Waals surface area contributed by atoms with E-state index < -0.39 is 11.4 Å². The van der Waals surface area contributed by atoms with Crippen molar-refractivity contribution in [2.75, 3.05) is 6.61 Å². The Hall–Kier alpha value is -1.51. The van der Waals surface area contributed by atoms with Crippen LogP contribution in [0.4, 0.5) is 0 Å². The fourth-order valence-corrected chi connectivity index (χ4v) is 1.51. The van der Waals surface area contributed by atoms with Gasteiger partial charge < -0.3 is 9.84 Å². The van der Waals surface area contributed by atoms with Crippen molar-refractivity contribution in [2.24, 2.45) is 5.41 Å². The van der Waals surface area contributed by atoms with Crippen LogP contribution in [0.1, 0.15) is 32.8 Å². The van der Waals surface area contributed by atoms with E-state index in [-0.39, 0.29) is 0 Å². The number of hydrogen-bond acceptors (Lipinski definition) is 2. The van der Waals surface area contributed by atoms with Gasteiger partial charge in [-0.15, -0.1) is 0 Å². The highest BCUT2D eigenvalue weighted by Crippen LogP contribution is 2.23. The molecule has 0 saturated carbocycles. The van der Waals surface area contributed by atoms with Gasteiger partial charge in [-0.05, 0) is 44.4 Å². The first-order valence-electron chi connectivity index (χ1n) is 5.91. The van der Waals surface area contributed by atoms with Gasteiger partial charge in [0.05, 0.1) is 12.0 Å². The number of benzene rings is 1. The highest BCUT2D eigenvalue weighted by atomic mass is 16.5. The summed E-state index contributed by atoms with van der Waals surface area (Å²) in [6.45, 7) is 6.23. The van der Waals surface area contributed by atoms with E-state index >= 15 is 0 Å². The average Bonchev–Trinajstić information content (AvgIpc) is 2.27. The molecule has 1 aromatic carbocycles. The molecule has 0 fully saturated rings. The third-order valence-electron chi connectivity index (χ3n) is 2.62. The molecule has 1 aromatic rings. The maximum absolute atomic E-state index is 11.0. The summed E-state index contributed by atoms with van der Waals surface area (Å²) in [6, 6.07) is 7.64. The molecule has 0 aromatic heterocycles. The van der Waals surface area contributed by atoms with Crippen LogP contribution in [0.5, 0.6) is 5.75 Å². The minimum absolute atomic E-state index is 0.524. The maximum atomic E-state index is 11.0. The molecule has 0 atom stereocenters. The van der Waals surface area contributed by atoms with Crippen LogP contribution in [0.15, 0.2) is 24.3 Å². The number of rotatable bonds is 6. The van der Waals surface area contributed by atoms with Crippen LogP contribution in [0.2, 0.25) is 0 Å². The average molecular weight is 236 g/mol. The van der Waals surface area contributed by atoms with Crippen molar-refractivity contribution in [1.82, 2.24) is 0 Å². The van der Waals surface area contributed by atoms with Crippen molar-refractivity contribution < 1.29 is 14.6 Å². The van der Waals surface area contributed by atoms with E-state index in [4.69, 9.17) is 9.84 Å². The fourth-order valence-electron chi connectivity index (χ4n) is 1.51. The molecule has 3 heteroatoms. The van der Waals surface area contributed by atoms with Crippen molar-refractivity contribution in [3.63, 3.8) is 0 Å². The molecule has 3 nitrogen and oxygen atoms in total. The van der Waals surface area contributed by atoms with E-state index in [2.05, 4.69) is 6.92 Å². The molecule has 0 amide bonds. The zero-order valence-corrected chi connectivity index (χ0v) is 10.7. The Labute approximate surface area is 102 Å². The molecule has 1 rings (SSSR count). The Morgan fingerprint density at radius 2 is 1.88 bits per heavy atom. The van der Waals surface area contributed by atoms with E-state index in [1.165, 1.54) is 0 Å². The monoisotopic (exact) mass is 236 g/mol. The van der Waals surface area contributed by atoms with Crippen LogP contribution in [-0.2, 0) is 11.2 Å². The summed E-state index contributed by atoms with van der Waals surface area (Å²) in [5.74, 6) is 0.0625. The van der Waals surface area contributed by atoms with Gasteiger partial charge in [0.2, 0.25) is 0 Å². The normalized spacial score (nSPS) is 11.2. The van der Waals surface area contributed by atoms with Crippen LogP contribution < -0.4 is 4.74 Å². The molecule has 0 spiro atoms. The van der Waals surface area contributed by atoms with Crippen LogP contribution >= 0.6 is 0 Å². The number of carboxylic acids is 1. The second-order valence-electron chi connectivity index (χ2n) is 4.86. The van der Waals surface area contributed by atoms with Gasteiger partial charge in [-0.25, -0.2) is 0 Å². The van der Waals surface area contributed by atoms with Crippen molar-refractivity contribution in [2.45, 2.75) is 33.6 Å². The lowest BCUT2D eigenvalue weighted by molar-refractivity contribution is -0.146. The molecule has 0 bridgehead atoms. The molecular formula is C14H20O3. The molecule has 0 heterocycles. The number of ether oxygens (including phenoxy) is 1. The first kappa shape index (κ1) is 13.6. The summed E-state index contributed by atoms with van der Waals surface area (Å²) in [6.07, 6.45) is 1.50. The third-order valence-corrected chi connectivity index (χ3v) is 2.62. The second kappa shape index (κ2) is 5.71. The van der Waals surface area contributed by atoms with E-state index in [1.54, 1.807) is 13.8 Å². The minimum Gasteiger partial charge on any atom is -0.494 e. The predicted molar refractivity (Wildman–Crippen MR) is 67.3 cm³/mol. The third kappa shape index (κ3) is 4.10. The van der Waals surface area contributed by atoms with Gasteiger partial charge in [0.25, 0.3) is 0 Å². The molecule has 94 valence electrons. The smallest absolute Gasteiger partial charge is 0.309 e. The van der Waals surface area contributed by atoms with Crippen molar-refractivity contribution >= 4 is 5.97 Å². The van der Waals surface area contributed by atoms with Crippen molar-refractivity contribution in [3.8, 4) is 5.75 Å². The topological polar surface area (TPSA) is 46.5 Å². The Kier molecular flexibility index (Phi) is 4.55. The van der Waals surface area contributed by atoms with E-state index in [1.807, 2.05) is 24.3 Å². The molecule has 0 aliphatic rings. The highest BCUT2D eigenvalue weighted by Gasteiger charge is 2.27. The van der Waals surface area contributed by atoms with Gasteiger partial charge in [0.1, 0.15) is 5.75 Å². The van der Waals surface area contributed by atoms with Crippen molar-refractivity contribution in [3.05, 3.63) is 29.8 Å². The first-order chi connectivity index (χ1) is 7.95. The van der Waals surface area contributed by atoms with E-state index in [9.17, 15) is 4.79 Å². The van der Waals surface area contributed by atoms with Gasteiger partial charge in [-0.1, -0.05) is 19.1 Å². The predicted octanol–water partition coefficient (Wildman–Crippen LogP) is 3.13. The number of carboxylic acid groups (broad SMARTS) is 1. The van der Waals surface area contributed by atoms with E-state index in [0.29, 0.717) is 13.0 Å². The molecule has 0 aliphatic heterocycles. The van der Waals surface area contributed by atoms with Gasteiger partial charge in [0.15, 0.2) is 0 Å². The summed E-state index contributed by atoms with van der Waals surface area (Å²) in [5.41, 5.74) is 0.285. The minimum atomic E-state index is -0.774. The van der Waals surface area contributed by atoms with Crippen molar-refractivity contribution in [1.29, 1.82) is 0 Å². The quantitative estimate of drug-likeness (QED) is 0.825. The molecular weight excluding hydrogens is 216 g/mol. The molecule has 17 heavy (non-hydrogen) atoms. The Morgan fingerprint density at radius 3 is 2.35 bits per heavy atom. The molecule has 1 N–H and O–H groups in total. The maximum Gasteiger partial charge on any atom is 0.309 e. The SMILES string of the molecule is CCCOc1ccc(CC(C)(C)C(=O)O)cc1. The van der Waals surface area contributed by atoms with Gasteiger partial charge >= 0.3 is 5.97 Å². The van der Waals surface area contributed by atoms with Crippen LogP contribution in [0, 0.1) is 5.41 Å². The lowest BCUT2D eigenvalue weighted by Crippen LogP contribution is -2.26. The summed E-state index contributed by atoms with van der Waals surface area (Å²) in [5, 5.41) is 9.05. The van der Waals surface area contributed by atoms with Gasteiger partial charge in [-0.3, -0.25) is 4.79 Å². The molecule has 0 unspecified atom stereocenters.